The average Bonchev–Trinajstić information content (AvgIpc) is 2.75. The minimum atomic E-state index is -4.39. The van der Waals surface area contributed by atoms with Crippen LogP contribution >= 0.6 is 24.0 Å². The molecule has 1 fully saturated rings. The number of benzene rings is 1. The lowest BCUT2D eigenvalue weighted by Crippen LogP contribution is -2.48. The number of aliphatic imine (C=N–C) groups is 1. The maximum atomic E-state index is 13.1. The van der Waals surface area contributed by atoms with E-state index in [1.54, 1.807) is 26.4 Å². The highest BCUT2D eigenvalue weighted by atomic mass is 127. The van der Waals surface area contributed by atoms with Crippen LogP contribution in [0.25, 0.3) is 0 Å². The molecule has 1 atom stereocenters. The predicted molar refractivity (Wildman–Crippen MR) is 128 cm³/mol. The Morgan fingerprint density at radius 1 is 1.34 bits per heavy atom. The van der Waals surface area contributed by atoms with Crippen LogP contribution in [0.1, 0.15) is 34.1 Å². The molecule has 0 aliphatic carbocycles. The first-order valence-electron chi connectivity index (χ1n) is 9.98. The third kappa shape index (κ3) is 6.03. The monoisotopic (exact) mass is 564 g/mol. The van der Waals surface area contributed by atoms with Crippen LogP contribution < -0.4 is 10.1 Å². The van der Waals surface area contributed by atoms with Gasteiger partial charge in [-0.1, -0.05) is 12.1 Å². The molecule has 1 aliphatic rings. The van der Waals surface area contributed by atoms with Gasteiger partial charge in [0.25, 0.3) is 0 Å². The Labute approximate surface area is 203 Å². The van der Waals surface area contributed by atoms with Gasteiger partial charge in [0.1, 0.15) is 11.9 Å². The molecule has 0 spiro atoms. The zero-order valence-electron chi connectivity index (χ0n) is 18.5. The Bertz CT molecular complexity index is 953. The number of aromatic nitrogens is 1. The van der Waals surface area contributed by atoms with Gasteiger partial charge in [-0.3, -0.25) is 9.98 Å². The fraction of sp³-hybridized carbons (Fsp3) is 0.455. The van der Waals surface area contributed by atoms with Crippen LogP contribution in [0, 0.1) is 13.8 Å². The first kappa shape index (κ1) is 26.2. The van der Waals surface area contributed by atoms with Gasteiger partial charge in [0.2, 0.25) is 0 Å². The van der Waals surface area contributed by atoms with Crippen molar-refractivity contribution in [2.75, 3.05) is 33.9 Å². The van der Waals surface area contributed by atoms with Gasteiger partial charge in [-0.15, -0.1) is 24.0 Å². The third-order valence-corrected chi connectivity index (χ3v) is 5.33. The molecule has 1 saturated heterocycles. The lowest BCUT2D eigenvalue weighted by molar-refractivity contribution is -0.137. The van der Waals surface area contributed by atoms with Crippen LogP contribution in [0.4, 0.5) is 13.2 Å². The van der Waals surface area contributed by atoms with Gasteiger partial charge in [0.15, 0.2) is 5.96 Å². The quantitative estimate of drug-likeness (QED) is 0.337. The van der Waals surface area contributed by atoms with Crippen molar-refractivity contribution in [3.63, 3.8) is 0 Å². The molecule has 10 heteroatoms. The average molecular weight is 564 g/mol. The zero-order valence-corrected chi connectivity index (χ0v) is 20.8. The molecule has 1 N–H and O–H groups in total. The normalized spacial score (nSPS) is 17.0. The third-order valence-electron chi connectivity index (χ3n) is 5.33. The van der Waals surface area contributed by atoms with Crippen LogP contribution in [0.5, 0.6) is 5.75 Å². The van der Waals surface area contributed by atoms with E-state index in [0.717, 1.165) is 34.7 Å². The van der Waals surface area contributed by atoms with E-state index in [2.05, 4.69) is 15.3 Å². The summed E-state index contributed by atoms with van der Waals surface area (Å²) in [5, 5.41) is 3.30. The van der Waals surface area contributed by atoms with Crippen LogP contribution in [-0.2, 0) is 17.5 Å². The van der Waals surface area contributed by atoms with Crippen molar-refractivity contribution in [2.24, 2.45) is 4.99 Å². The molecule has 1 aliphatic heterocycles. The summed E-state index contributed by atoms with van der Waals surface area (Å²) in [7, 11) is 3.31. The number of halogens is 4. The Kier molecular flexibility index (Phi) is 9.14. The molecule has 0 bridgehead atoms. The van der Waals surface area contributed by atoms with Crippen LogP contribution in [0.3, 0.4) is 0 Å². The van der Waals surface area contributed by atoms with Crippen molar-refractivity contribution in [1.29, 1.82) is 0 Å². The van der Waals surface area contributed by atoms with E-state index in [1.165, 1.54) is 6.07 Å². The van der Waals surface area contributed by atoms with Gasteiger partial charge in [-0.25, -0.2) is 0 Å². The number of pyridine rings is 1. The summed E-state index contributed by atoms with van der Waals surface area (Å²) in [5.41, 5.74) is 2.57. The Morgan fingerprint density at radius 2 is 2.09 bits per heavy atom. The van der Waals surface area contributed by atoms with E-state index in [9.17, 15) is 13.2 Å². The fourth-order valence-electron chi connectivity index (χ4n) is 3.70. The molecule has 3 rings (SSSR count). The Hall–Kier alpha value is -2.08. The lowest BCUT2D eigenvalue weighted by atomic mass is 10.0. The van der Waals surface area contributed by atoms with Gasteiger partial charge < -0.3 is 19.7 Å². The molecule has 176 valence electrons. The molecule has 1 aromatic carbocycles. The van der Waals surface area contributed by atoms with E-state index in [-0.39, 0.29) is 24.0 Å². The molecule has 0 amide bonds. The van der Waals surface area contributed by atoms with Crippen molar-refractivity contribution in [3.05, 3.63) is 58.4 Å². The fourth-order valence-corrected chi connectivity index (χ4v) is 3.70. The van der Waals surface area contributed by atoms with E-state index >= 15 is 0 Å². The van der Waals surface area contributed by atoms with Crippen molar-refractivity contribution in [1.82, 2.24) is 15.2 Å². The van der Waals surface area contributed by atoms with E-state index in [0.29, 0.717) is 37.8 Å². The number of guanidine groups is 1. The first-order valence-corrected chi connectivity index (χ1v) is 9.98. The lowest BCUT2D eigenvalue weighted by Gasteiger charge is -2.35. The van der Waals surface area contributed by atoms with Gasteiger partial charge in [-0.05, 0) is 31.5 Å². The van der Waals surface area contributed by atoms with E-state index < -0.39 is 17.8 Å². The molecular formula is C22H28F3IN4O2. The Morgan fingerprint density at radius 3 is 2.75 bits per heavy atom. The maximum absolute atomic E-state index is 13.1. The summed E-state index contributed by atoms with van der Waals surface area (Å²) in [6.45, 7) is 5.70. The number of morpholine rings is 1. The SMILES string of the molecule is CN=C(NCc1ncc(C)c(OC)c1C)N1CCOC(c2cccc(C(F)(F)F)c2)C1.I. The minimum absolute atomic E-state index is 0. The van der Waals surface area contributed by atoms with Gasteiger partial charge in [0.05, 0.1) is 38.1 Å². The second-order valence-corrected chi connectivity index (χ2v) is 7.38. The molecule has 2 heterocycles. The minimum Gasteiger partial charge on any atom is -0.496 e. The van der Waals surface area contributed by atoms with Gasteiger partial charge >= 0.3 is 6.18 Å². The summed E-state index contributed by atoms with van der Waals surface area (Å²) >= 11 is 0. The first-order chi connectivity index (χ1) is 14.7. The Balaban J connectivity index is 0.00000363. The van der Waals surface area contributed by atoms with Crippen molar-refractivity contribution < 1.29 is 22.6 Å². The van der Waals surface area contributed by atoms with Crippen molar-refractivity contribution >= 4 is 29.9 Å². The van der Waals surface area contributed by atoms with Crippen molar-refractivity contribution in [2.45, 2.75) is 32.7 Å². The maximum Gasteiger partial charge on any atom is 0.416 e. The number of alkyl halides is 3. The van der Waals surface area contributed by atoms with Crippen LogP contribution in [0.15, 0.2) is 35.5 Å². The zero-order chi connectivity index (χ0) is 22.6. The molecule has 32 heavy (non-hydrogen) atoms. The number of ether oxygens (including phenoxy) is 2. The molecular weight excluding hydrogens is 536 g/mol. The smallest absolute Gasteiger partial charge is 0.416 e. The second-order valence-electron chi connectivity index (χ2n) is 7.38. The molecule has 6 nitrogen and oxygen atoms in total. The second kappa shape index (κ2) is 11.2. The number of aryl methyl sites for hydroxylation is 1. The molecule has 1 unspecified atom stereocenters. The number of nitrogens with one attached hydrogen (secondary N) is 1. The number of nitrogens with zero attached hydrogens (tertiary/aromatic N) is 3. The van der Waals surface area contributed by atoms with Crippen LogP contribution in [-0.4, -0.2) is 49.7 Å². The van der Waals surface area contributed by atoms with E-state index in [1.807, 2.05) is 18.7 Å². The summed E-state index contributed by atoms with van der Waals surface area (Å²) < 4.78 is 50.4. The molecule has 1 aromatic heterocycles. The highest BCUT2D eigenvalue weighted by Gasteiger charge is 2.32. The number of hydrogen-bond donors (Lipinski definition) is 1. The van der Waals surface area contributed by atoms with Gasteiger partial charge in [0, 0.05) is 30.9 Å². The summed E-state index contributed by atoms with van der Waals surface area (Å²) in [4.78, 5) is 10.8. The van der Waals surface area contributed by atoms with E-state index in [4.69, 9.17) is 9.47 Å². The van der Waals surface area contributed by atoms with Crippen LogP contribution in [0.2, 0.25) is 0 Å². The van der Waals surface area contributed by atoms with Crippen molar-refractivity contribution in [3.8, 4) is 5.75 Å². The number of methoxy groups -OCH3 is 1. The number of hydrogen-bond acceptors (Lipinski definition) is 4. The summed E-state index contributed by atoms with van der Waals surface area (Å²) in [6.07, 6.45) is -3.10. The van der Waals surface area contributed by atoms with Gasteiger partial charge in [-0.2, -0.15) is 13.2 Å². The topological polar surface area (TPSA) is 59.0 Å². The molecule has 0 radical (unpaired) electrons. The molecule has 2 aromatic rings. The number of rotatable bonds is 4. The largest absolute Gasteiger partial charge is 0.496 e. The summed E-state index contributed by atoms with van der Waals surface area (Å²) in [6, 6.07) is 5.28. The summed E-state index contributed by atoms with van der Waals surface area (Å²) in [5.74, 6) is 1.44. The standard InChI is InChI=1S/C22H27F3N4O2.HI/c1-14-11-27-18(15(2)20(14)30-4)12-28-21(26-3)29-8-9-31-19(13-29)16-6-5-7-17(10-16)22(23,24)25;/h5-7,10-11,19H,8-9,12-13H2,1-4H3,(H,26,28);1H. The molecule has 0 saturated carbocycles. The highest BCUT2D eigenvalue weighted by Crippen LogP contribution is 2.32. The highest BCUT2D eigenvalue weighted by molar-refractivity contribution is 14.0. The predicted octanol–water partition coefficient (Wildman–Crippen LogP) is 4.49.